The molecule has 1 saturated heterocycles. The lowest BCUT2D eigenvalue weighted by atomic mass is 10.1. The number of amides is 1. The SMILES string of the molecule is O=C(NC1CCSCC1)c1ccc(I)cc1. The smallest absolute Gasteiger partial charge is 0.251 e. The molecule has 1 aromatic carbocycles. The molecule has 2 rings (SSSR count). The number of thioether (sulfide) groups is 1. The second-order valence-corrected chi connectivity index (χ2v) is 6.34. The first-order chi connectivity index (χ1) is 7.75. The van der Waals surface area contributed by atoms with Crippen LogP contribution in [0.5, 0.6) is 0 Å². The number of carbonyl (C=O) groups is 1. The van der Waals surface area contributed by atoms with Crippen LogP contribution in [0.25, 0.3) is 0 Å². The van der Waals surface area contributed by atoms with Gasteiger partial charge in [-0.2, -0.15) is 11.8 Å². The highest BCUT2D eigenvalue weighted by atomic mass is 127. The summed E-state index contributed by atoms with van der Waals surface area (Å²) in [7, 11) is 0. The van der Waals surface area contributed by atoms with Crippen molar-refractivity contribution in [1.82, 2.24) is 5.32 Å². The van der Waals surface area contributed by atoms with Gasteiger partial charge in [-0.15, -0.1) is 0 Å². The van der Waals surface area contributed by atoms with Crippen molar-refractivity contribution in [3.05, 3.63) is 33.4 Å². The zero-order valence-electron chi connectivity index (χ0n) is 8.91. The van der Waals surface area contributed by atoms with E-state index in [9.17, 15) is 4.79 Å². The first kappa shape index (κ1) is 12.2. The maximum Gasteiger partial charge on any atom is 0.251 e. The molecule has 0 spiro atoms. The van der Waals surface area contributed by atoms with Gasteiger partial charge >= 0.3 is 0 Å². The fourth-order valence-corrected chi connectivity index (χ4v) is 3.18. The van der Waals surface area contributed by atoms with Gasteiger partial charge in [0.2, 0.25) is 0 Å². The number of halogens is 1. The predicted molar refractivity (Wildman–Crippen MR) is 77.0 cm³/mol. The second-order valence-electron chi connectivity index (χ2n) is 3.87. The van der Waals surface area contributed by atoms with E-state index in [-0.39, 0.29) is 5.91 Å². The second kappa shape index (κ2) is 5.91. The van der Waals surface area contributed by atoms with E-state index < -0.39 is 0 Å². The fraction of sp³-hybridized carbons (Fsp3) is 0.417. The van der Waals surface area contributed by atoms with Gasteiger partial charge in [0.05, 0.1) is 0 Å². The van der Waals surface area contributed by atoms with Crippen LogP contribution in [0, 0.1) is 3.57 Å². The van der Waals surface area contributed by atoms with Crippen LogP contribution in [-0.4, -0.2) is 23.5 Å². The zero-order valence-corrected chi connectivity index (χ0v) is 11.9. The summed E-state index contributed by atoms with van der Waals surface area (Å²) in [5.41, 5.74) is 0.763. The zero-order chi connectivity index (χ0) is 11.4. The number of benzene rings is 1. The lowest BCUT2D eigenvalue weighted by molar-refractivity contribution is 0.0935. The molecule has 1 heterocycles. The predicted octanol–water partition coefficient (Wildman–Crippen LogP) is 2.92. The third-order valence-electron chi connectivity index (χ3n) is 2.66. The maximum absolute atomic E-state index is 11.9. The molecular formula is C12H14INOS. The van der Waals surface area contributed by atoms with Gasteiger partial charge in [-0.25, -0.2) is 0 Å². The maximum atomic E-state index is 11.9. The van der Waals surface area contributed by atoms with E-state index in [4.69, 9.17) is 0 Å². The van der Waals surface area contributed by atoms with E-state index in [1.165, 1.54) is 0 Å². The molecule has 1 amide bonds. The normalized spacial score (nSPS) is 17.1. The summed E-state index contributed by atoms with van der Waals surface area (Å²) in [4.78, 5) is 11.9. The molecule has 0 radical (unpaired) electrons. The molecule has 0 saturated carbocycles. The molecule has 0 unspecified atom stereocenters. The summed E-state index contributed by atoms with van der Waals surface area (Å²) in [5, 5.41) is 3.10. The Kier molecular flexibility index (Phi) is 4.52. The van der Waals surface area contributed by atoms with Crippen LogP contribution in [0.2, 0.25) is 0 Å². The van der Waals surface area contributed by atoms with Crippen molar-refractivity contribution in [3.8, 4) is 0 Å². The lowest BCUT2D eigenvalue weighted by Gasteiger charge is -2.22. The molecule has 0 aliphatic carbocycles. The Hall–Kier alpha value is -0.230. The Morgan fingerprint density at radius 1 is 1.25 bits per heavy atom. The highest BCUT2D eigenvalue weighted by Gasteiger charge is 2.16. The number of rotatable bonds is 2. The minimum absolute atomic E-state index is 0.0632. The summed E-state index contributed by atoms with van der Waals surface area (Å²) in [6.45, 7) is 0. The van der Waals surface area contributed by atoms with E-state index in [1.807, 2.05) is 36.0 Å². The van der Waals surface area contributed by atoms with E-state index >= 15 is 0 Å². The van der Waals surface area contributed by atoms with Crippen LogP contribution in [0.4, 0.5) is 0 Å². The van der Waals surface area contributed by atoms with Crippen molar-refractivity contribution < 1.29 is 4.79 Å². The molecule has 0 aromatic heterocycles. The van der Waals surface area contributed by atoms with Crippen molar-refractivity contribution in [1.29, 1.82) is 0 Å². The van der Waals surface area contributed by atoms with Gasteiger partial charge in [-0.3, -0.25) is 4.79 Å². The largest absolute Gasteiger partial charge is 0.349 e. The van der Waals surface area contributed by atoms with Gasteiger partial charge in [-0.05, 0) is 71.2 Å². The van der Waals surface area contributed by atoms with Gasteiger partial charge < -0.3 is 5.32 Å². The van der Waals surface area contributed by atoms with Gasteiger partial charge in [0, 0.05) is 15.2 Å². The van der Waals surface area contributed by atoms with E-state index in [1.54, 1.807) is 0 Å². The average Bonchev–Trinajstić information content (AvgIpc) is 2.31. The Morgan fingerprint density at radius 2 is 1.88 bits per heavy atom. The Balaban J connectivity index is 1.94. The van der Waals surface area contributed by atoms with E-state index in [0.717, 1.165) is 33.5 Å². The standard InChI is InChI=1S/C12H14INOS/c13-10-3-1-9(2-4-10)12(15)14-11-5-7-16-8-6-11/h1-4,11H,5-8H2,(H,14,15). The molecule has 86 valence electrons. The van der Waals surface area contributed by atoms with Crippen molar-refractivity contribution in [3.63, 3.8) is 0 Å². The average molecular weight is 347 g/mol. The number of carbonyl (C=O) groups excluding carboxylic acids is 1. The molecule has 16 heavy (non-hydrogen) atoms. The van der Waals surface area contributed by atoms with Crippen molar-refractivity contribution in [2.45, 2.75) is 18.9 Å². The van der Waals surface area contributed by atoms with Crippen molar-refractivity contribution >= 4 is 40.3 Å². The number of nitrogens with one attached hydrogen (secondary N) is 1. The third kappa shape index (κ3) is 3.38. The molecule has 2 nitrogen and oxygen atoms in total. The molecule has 1 aliphatic heterocycles. The van der Waals surface area contributed by atoms with Crippen LogP contribution in [0.1, 0.15) is 23.2 Å². The summed E-state index contributed by atoms with van der Waals surface area (Å²) < 4.78 is 1.16. The number of hydrogen-bond donors (Lipinski definition) is 1. The molecule has 0 atom stereocenters. The Labute approximate surface area is 114 Å². The molecule has 1 aromatic rings. The molecule has 1 aliphatic rings. The Bertz CT molecular complexity index is 360. The highest BCUT2D eigenvalue weighted by molar-refractivity contribution is 14.1. The first-order valence-electron chi connectivity index (χ1n) is 5.40. The molecular weight excluding hydrogens is 333 g/mol. The van der Waals surface area contributed by atoms with Crippen LogP contribution in [0.15, 0.2) is 24.3 Å². The summed E-state index contributed by atoms with van der Waals surface area (Å²) >= 11 is 4.21. The summed E-state index contributed by atoms with van der Waals surface area (Å²) in [6.07, 6.45) is 2.20. The topological polar surface area (TPSA) is 29.1 Å². The van der Waals surface area contributed by atoms with Crippen molar-refractivity contribution in [2.75, 3.05) is 11.5 Å². The molecule has 4 heteroatoms. The van der Waals surface area contributed by atoms with Crippen molar-refractivity contribution in [2.24, 2.45) is 0 Å². The third-order valence-corrected chi connectivity index (χ3v) is 4.43. The van der Waals surface area contributed by atoms with Gasteiger partial charge in [0.1, 0.15) is 0 Å². The van der Waals surface area contributed by atoms with Gasteiger partial charge in [-0.1, -0.05) is 0 Å². The molecule has 1 N–H and O–H groups in total. The fourth-order valence-electron chi connectivity index (χ4n) is 1.71. The lowest BCUT2D eigenvalue weighted by Crippen LogP contribution is -2.37. The quantitative estimate of drug-likeness (QED) is 0.834. The molecule has 0 bridgehead atoms. The van der Waals surface area contributed by atoms with Crippen LogP contribution < -0.4 is 5.32 Å². The van der Waals surface area contributed by atoms with Crippen LogP contribution in [0.3, 0.4) is 0 Å². The highest BCUT2D eigenvalue weighted by Crippen LogP contribution is 2.17. The number of hydrogen-bond acceptors (Lipinski definition) is 2. The van der Waals surface area contributed by atoms with Crippen LogP contribution in [-0.2, 0) is 0 Å². The monoisotopic (exact) mass is 347 g/mol. The van der Waals surface area contributed by atoms with Gasteiger partial charge in [0.25, 0.3) is 5.91 Å². The van der Waals surface area contributed by atoms with Gasteiger partial charge in [0.15, 0.2) is 0 Å². The Morgan fingerprint density at radius 3 is 2.50 bits per heavy atom. The van der Waals surface area contributed by atoms with Crippen LogP contribution >= 0.6 is 34.4 Å². The minimum Gasteiger partial charge on any atom is -0.349 e. The molecule has 1 fully saturated rings. The van der Waals surface area contributed by atoms with E-state index in [0.29, 0.717) is 6.04 Å². The summed E-state index contributed by atoms with van der Waals surface area (Å²) in [5.74, 6) is 2.39. The summed E-state index contributed by atoms with van der Waals surface area (Å²) in [6, 6.07) is 8.06. The first-order valence-corrected chi connectivity index (χ1v) is 7.63. The van der Waals surface area contributed by atoms with E-state index in [2.05, 4.69) is 27.9 Å². The minimum atomic E-state index is 0.0632.